The zero-order valence-corrected chi connectivity index (χ0v) is 23.7. The van der Waals surface area contributed by atoms with Gasteiger partial charge in [0.05, 0.1) is 11.9 Å². The Balaban J connectivity index is 1.37. The van der Waals surface area contributed by atoms with E-state index >= 15 is 0 Å². The minimum atomic E-state index is -0.501. The Hall–Kier alpha value is -3.49. The van der Waals surface area contributed by atoms with E-state index in [-0.39, 0.29) is 6.09 Å². The first-order valence-electron chi connectivity index (χ1n) is 14.3. The Labute approximate surface area is 231 Å². The van der Waals surface area contributed by atoms with Crippen molar-refractivity contribution >= 4 is 29.3 Å². The van der Waals surface area contributed by atoms with Crippen LogP contribution in [-0.2, 0) is 4.74 Å². The summed E-state index contributed by atoms with van der Waals surface area (Å²) in [7, 11) is 0. The molecule has 1 amide bonds. The standard InChI is InChI=1S/C30H41N7O2/c1-21(36-13-15-37(16-14-36)29(38)39-30(2,3)4)33-28(35-26-17-24(19-31-20-26)22-9-10-22)23-11-12-32-27(18-23)34-25-7-5-6-8-25/h11-12,17-20,22,25H,5-10,13-16H2,1-4H3,(H,32,34). The maximum Gasteiger partial charge on any atom is 0.410 e. The van der Waals surface area contributed by atoms with Gasteiger partial charge in [0.1, 0.15) is 17.3 Å². The van der Waals surface area contributed by atoms with E-state index in [1.807, 2.05) is 52.2 Å². The zero-order valence-electron chi connectivity index (χ0n) is 23.7. The number of rotatable bonds is 5. The number of hydrogen-bond acceptors (Lipinski definition) is 6. The van der Waals surface area contributed by atoms with Gasteiger partial charge < -0.3 is 19.9 Å². The number of aliphatic imine (C=N–C) groups is 2. The number of amidine groups is 2. The summed E-state index contributed by atoms with van der Waals surface area (Å²) in [4.78, 5) is 35.5. The molecule has 39 heavy (non-hydrogen) atoms. The van der Waals surface area contributed by atoms with E-state index in [1.165, 1.54) is 44.1 Å². The number of piperazine rings is 1. The fraction of sp³-hybridized carbons (Fsp3) is 0.567. The highest BCUT2D eigenvalue weighted by molar-refractivity contribution is 6.07. The van der Waals surface area contributed by atoms with Gasteiger partial charge in [0.2, 0.25) is 0 Å². The van der Waals surface area contributed by atoms with Crippen molar-refractivity contribution in [2.24, 2.45) is 9.98 Å². The molecule has 1 aliphatic heterocycles. The SMILES string of the molecule is CC(=NC(=Nc1cncc(C2CC2)c1)c1ccnc(NC2CCCC2)c1)N1CCN(C(=O)OC(C)(C)C)CC1. The van der Waals surface area contributed by atoms with Gasteiger partial charge in [-0.3, -0.25) is 4.98 Å². The summed E-state index contributed by atoms with van der Waals surface area (Å²) in [6.45, 7) is 10.2. The third-order valence-corrected chi connectivity index (χ3v) is 7.41. The number of ether oxygens (including phenoxy) is 1. The molecular weight excluding hydrogens is 490 g/mol. The minimum Gasteiger partial charge on any atom is -0.444 e. The molecule has 2 aromatic heterocycles. The van der Waals surface area contributed by atoms with Crippen LogP contribution in [0, 0.1) is 0 Å². The highest BCUT2D eigenvalue weighted by atomic mass is 16.6. The van der Waals surface area contributed by atoms with Gasteiger partial charge >= 0.3 is 6.09 Å². The maximum atomic E-state index is 12.5. The summed E-state index contributed by atoms with van der Waals surface area (Å²) < 4.78 is 5.55. The summed E-state index contributed by atoms with van der Waals surface area (Å²) in [6, 6.07) is 6.62. The van der Waals surface area contributed by atoms with Gasteiger partial charge in [0.25, 0.3) is 0 Å². The molecule has 208 valence electrons. The smallest absolute Gasteiger partial charge is 0.410 e. The lowest BCUT2D eigenvalue weighted by Crippen LogP contribution is -2.51. The second-order valence-electron chi connectivity index (χ2n) is 11.9. The van der Waals surface area contributed by atoms with Crippen molar-refractivity contribution in [3.63, 3.8) is 0 Å². The Bertz CT molecular complexity index is 1220. The molecule has 0 spiro atoms. The normalized spacial score (nSPS) is 19.4. The van der Waals surface area contributed by atoms with Crippen molar-refractivity contribution in [2.75, 3.05) is 31.5 Å². The number of anilines is 1. The Morgan fingerprint density at radius 2 is 1.74 bits per heavy atom. The van der Waals surface area contributed by atoms with E-state index in [9.17, 15) is 4.79 Å². The van der Waals surface area contributed by atoms with Gasteiger partial charge in [-0.15, -0.1) is 0 Å². The Morgan fingerprint density at radius 1 is 1.03 bits per heavy atom. The molecule has 0 atom stereocenters. The van der Waals surface area contributed by atoms with E-state index in [1.54, 1.807) is 11.1 Å². The second-order valence-corrected chi connectivity index (χ2v) is 11.9. The number of carbonyl (C=O) groups excluding carboxylic acids is 1. The molecule has 5 rings (SSSR count). The van der Waals surface area contributed by atoms with Crippen LogP contribution in [0.5, 0.6) is 0 Å². The predicted molar refractivity (Wildman–Crippen MR) is 155 cm³/mol. The molecule has 3 aliphatic rings. The largest absolute Gasteiger partial charge is 0.444 e. The van der Waals surface area contributed by atoms with Crippen LogP contribution in [0.2, 0.25) is 0 Å². The topological polar surface area (TPSA) is 95.3 Å². The lowest BCUT2D eigenvalue weighted by molar-refractivity contribution is 0.0187. The van der Waals surface area contributed by atoms with Crippen LogP contribution in [-0.4, -0.2) is 75.4 Å². The van der Waals surface area contributed by atoms with Gasteiger partial charge in [0, 0.05) is 50.2 Å². The monoisotopic (exact) mass is 531 g/mol. The first-order valence-corrected chi connectivity index (χ1v) is 14.3. The van der Waals surface area contributed by atoms with Crippen LogP contribution in [0.4, 0.5) is 16.3 Å². The highest BCUT2D eigenvalue weighted by Crippen LogP contribution is 2.40. The van der Waals surface area contributed by atoms with Crippen LogP contribution in [0.1, 0.15) is 83.3 Å². The second kappa shape index (κ2) is 11.7. The third kappa shape index (κ3) is 7.55. The van der Waals surface area contributed by atoms with Crippen LogP contribution in [0.25, 0.3) is 0 Å². The van der Waals surface area contributed by atoms with Crippen LogP contribution >= 0.6 is 0 Å². The van der Waals surface area contributed by atoms with Crippen molar-refractivity contribution in [1.29, 1.82) is 0 Å². The number of pyridine rings is 2. The first-order chi connectivity index (χ1) is 18.7. The van der Waals surface area contributed by atoms with E-state index in [0.717, 1.165) is 22.9 Å². The molecule has 9 heteroatoms. The van der Waals surface area contributed by atoms with Crippen molar-refractivity contribution in [3.05, 3.63) is 47.9 Å². The maximum absolute atomic E-state index is 12.5. The van der Waals surface area contributed by atoms with Crippen molar-refractivity contribution < 1.29 is 9.53 Å². The van der Waals surface area contributed by atoms with Gasteiger partial charge in [-0.25, -0.2) is 19.8 Å². The molecule has 3 heterocycles. The number of carbonyl (C=O) groups is 1. The van der Waals surface area contributed by atoms with Crippen molar-refractivity contribution in [1.82, 2.24) is 19.8 Å². The quantitative estimate of drug-likeness (QED) is 0.389. The molecule has 2 aliphatic carbocycles. The zero-order chi connectivity index (χ0) is 27.4. The predicted octanol–water partition coefficient (Wildman–Crippen LogP) is 5.76. The van der Waals surface area contributed by atoms with E-state index in [2.05, 4.69) is 26.3 Å². The van der Waals surface area contributed by atoms with Gasteiger partial charge in [-0.2, -0.15) is 0 Å². The van der Waals surface area contributed by atoms with Crippen LogP contribution in [0.15, 0.2) is 46.8 Å². The molecule has 0 aromatic carbocycles. The average molecular weight is 532 g/mol. The lowest BCUT2D eigenvalue weighted by Gasteiger charge is -2.36. The minimum absolute atomic E-state index is 0.263. The van der Waals surface area contributed by atoms with E-state index in [0.29, 0.717) is 44.0 Å². The van der Waals surface area contributed by atoms with Crippen LogP contribution in [0.3, 0.4) is 0 Å². The molecule has 0 radical (unpaired) electrons. The number of amides is 1. The molecule has 1 N–H and O–H groups in total. The number of hydrogen-bond donors (Lipinski definition) is 1. The van der Waals surface area contributed by atoms with E-state index < -0.39 is 5.60 Å². The molecular formula is C30H41N7O2. The molecule has 0 unspecified atom stereocenters. The van der Waals surface area contributed by atoms with Crippen molar-refractivity contribution in [2.45, 2.75) is 83.8 Å². The molecule has 3 fully saturated rings. The fourth-order valence-electron chi connectivity index (χ4n) is 5.11. The molecule has 0 bridgehead atoms. The summed E-state index contributed by atoms with van der Waals surface area (Å²) in [5, 5.41) is 3.59. The molecule has 9 nitrogen and oxygen atoms in total. The van der Waals surface area contributed by atoms with Gasteiger partial charge in [-0.05, 0) is 83.1 Å². The molecule has 2 saturated carbocycles. The van der Waals surface area contributed by atoms with Crippen LogP contribution < -0.4 is 5.32 Å². The first kappa shape index (κ1) is 27.1. The van der Waals surface area contributed by atoms with Crippen molar-refractivity contribution in [3.8, 4) is 0 Å². The average Bonchev–Trinajstić information content (AvgIpc) is 3.64. The van der Waals surface area contributed by atoms with Gasteiger partial charge in [0.15, 0.2) is 5.84 Å². The summed E-state index contributed by atoms with van der Waals surface area (Å²) in [6.07, 6.45) is 12.6. The Morgan fingerprint density at radius 3 is 2.44 bits per heavy atom. The number of aromatic nitrogens is 2. The molecule has 1 saturated heterocycles. The van der Waals surface area contributed by atoms with Gasteiger partial charge in [-0.1, -0.05) is 12.8 Å². The third-order valence-electron chi connectivity index (χ3n) is 7.41. The Kier molecular flexibility index (Phi) is 8.14. The summed E-state index contributed by atoms with van der Waals surface area (Å²) >= 11 is 0. The van der Waals surface area contributed by atoms with E-state index in [4.69, 9.17) is 14.7 Å². The summed E-state index contributed by atoms with van der Waals surface area (Å²) in [5.41, 5.74) is 2.46. The summed E-state index contributed by atoms with van der Waals surface area (Å²) in [5.74, 6) is 2.96. The fourth-order valence-corrected chi connectivity index (χ4v) is 5.11. The lowest BCUT2D eigenvalue weighted by atomic mass is 10.2. The number of nitrogens with one attached hydrogen (secondary N) is 1. The highest BCUT2D eigenvalue weighted by Gasteiger charge is 2.27. The molecule has 2 aromatic rings. The number of nitrogens with zero attached hydrogens (tertiary/aromatic N) is 6.